The van der Waals surface area contributed by atoms with E-state index in [-0.39, 0.29) is 12.6 Å². The molecule has 9 heteroatoms. The van der Waals surface area contributed by atoms with E-state index in [4.69, 9.17) is 19.2 Å². The zero-order valence-electron chi connectivity index (χ0n) is 25.2. The Kier molecular flexibility index (Phi) is 9.62. The molecule has 0 aliphatic heterocycles. The summed E-state index contributed by atoms with van der Waals surface area (Å²) in [7, 11) is 3.33. The minimum absolute atomic E-state index is 0.286. The van der Waals surface area contributed by atoms with Gasteiger partial charge in [0.15, 0.2) is 0 Å². The number of methoxy groups -OCH3 is 2. The van der Waals surface area contributed by atoms with Crippen molar-refractivity contribution in [1.82, 2.24) is 9.97 Å². The molecule has 1 N–H and O–H groups in total. The fraction of sp³-hybridized carbons (Fsp3) is 0.382. The molecular formula is C34H39N3O5S. The number of hydrogen-bond acceptors (Lipinski definition) is 9. The SMILES string of the molecule is CCOC(=O)C1CCCCC1(O)c1ncc(-c2cc(C)cc(N(Cc3ccc(OC)cc3)Cc3ccc(OC)cc3)n2)s1. The Labute approximate surface area is 257 Å². The molecule has 5 rings (SSSR count). The summed E-state index contributed by atoms with van der Waals surface area (Å²) in [5.74, 6) is 1.48. The van der Waals surface area contributed by atoms with Crippen LogP contribution in [0.25, 0.3) is 10.6 Å². The van der Waals surface area contributed by atoms with Crippen LogP contribution in [0.1, 0.15) is 54.3 Å². The normalized spacial score (nSPS) is 18.2. The Bertz CT molecular complexity index is 1470. The molecule has 226 valence electrons. The number of aryl methyl sites for hydroxylation is 1. The molecule has 0 radical (unpaired) electrons. The number of rotatable bonds is 11. The summed E-state index contributed by atoms with van der Waals surface area (Å²) in [4.78, 5) is 25.6. The number of carbonyl (C=O) groups excluding carboxylic acids is 1. The molecule has 0 bridgehead atoms. The molecule has 1 aliphatic carbocycles. The molecule has 0 spiro atoms. The molecule has 0 amide bonds. The summed E-state index contributed by atoms with van der Waals surface area (Å²) in [5, 5.41) is 12.3. The monoisotopic (exact) mass is 601 g/mol. The predicted octanol–water partition coefficient (Wildman–Crippen LogP) is 6.68. The predicted molar refractivity (Wildman–Crippen MR) is 168 cm³/mol. The van der Waals surface area contributed by atoms with Crippen molar-refractivity contribution in [2.24, 2.45) is 5.92 Å². The lowest BCUT2D eigenvalue weighted by Crippen LogP contribution is -2.43. The van der Waals surface area contributed by atoms with Crippen molar-refractivity contribution < 1.29 is 24.1 Å². The van der Waals surface area contributed by atoms with Crippen LogP contribution in [0.2, 0.25) is 0 Å². The molecule has 43 heavy (non-hydrogen) atoms. The Morgan fingerprint density at radius 2 is 1.63 bits per heavy atom. The van der Waals surface area contributed by atoms with Gasteiger partial charge in [-0.1, -0.05) is 37.1 Å². The van der Waals surface area contributed by atoms with Gasteiger partial charge in [-0.05, 0) is 79.8 Å². The fourth-order valence-corrected chi connectivity index (χ4v) is 6.67. The van der Waals surface area contributed by atoms with Gasteiger partial charge >= 0.3 is 5.97 Å². The van der Waals surface area contributed by atoms with Gasteiger partial charge in [0.25, 0.3) is 0 Å². The topological polar surface area (TPSA) is 94.0 Å². The first-order chi connectivity index (χ1) is 20.8. The highest BCUT2D eigenvalue weighted by Gasteiger charge is 2.47. The summed E-state index contributed by atoms with van der Waals surface area (Å²) >= 11 is 1.40. The van der Waals surface area contributed by atoms with E-state index in [1.807, 2.05) is 30.3 Å². The van der Waals surface area contributed by atoms with Crippen LogP contribution in [0.15, 0.2) is 66.9 Å². The third-order valence-corrected chi connectivity index (χ3v) is 9.11. The number of aliphatic hydroxyl groups is 1. The zero-order valence-corrected chi connectivity index (χ0v) is 26.0. The van der Waals surface area contributed by atoms with Crippen LogP contribution in [0.3, 0.4) is 0 Å². The highest BCUT2D eigenvalue weighted by Crippen LogP contribution is 2.45. The van der Waals surface area contributed by atoms with E-state index in [9.17, 15) is 9.90 Å². The molecule has 4 aromatic rings. The maximum atomic E-state index is 12.8. The van der Waals surface area contributed by atoms with Gasteiger partial charge in [0.05, 0.1) is 37.3 Å². The average Bonchev–Trinajstić information content (AvgIpc) is 3.53. The van der Waals surface area contributed by atoms with E-state index >= 15 is 0 Å². The number of thiazole rings is 1. The second kappa shape index (κ2) is 13.6. The summed E-state index contributed by atoms with van der Waals surface area (Å²) in [6, 6.07) is 20.3. The average molecular weight is 602 g/mol. The van der Waals surface area contributed by atoms with Crippen LogP contribution in [0, 0.1) is 12.8 Å². The number of anilines is 1. The van der Waals surface area contributed by atoms with Crippen LogP contribution in [0.5, 0.6) is 11.5 Å². The molecule has 2 aromatic heterocycles. The van der Waals surface area contributed by atoms with Crippen LogP contribution >= 0.6 is 11.3 Å². The Morgan fingerprint density at radius 1 is 1.00 bits per heavy atom. The largest absolute Gasteiger partial charge is 0.497 e. The first-order valence-electron chi connectivity index (χ1n) is 14.7. The number of aromatic nitrogens is 2. The lowest BCUT2D eigenvalue weighted by molar-refractivity contribution is -0.163. The van der Waals surface area contributed by atoms with E-state index in [0.717, 1.165) is 57.4 Å². The molecule has 8 nitrogen and oxygen atoms in total. The van der Waals surface area contributed by atoms with Gasteiger partial charge < -0.3 is 24.2 Å². The number of pyridine rings is 1. The van der Waals surface area contributed by atoms with Crippen molar-refractivity contribution in [3.8, 4) is 22.1 Å². The van der Waals surface area contributed by atoms with Crippen molar-refractivity contribution in [1.29, 1.82) is 0 Å². The highest BCUT2D eigenvalue weighted by molar-refractivity contribution is 7.15. The fourth-order valence-electron chi connectivity index (χ4n) is 5.62. The molecule has 2 aromatic carbocycles. The van der Waals surface area contributed by atoms with Gasteiger partial charge in [-0.25, -0.2) is 9.97 Å². The number of ether oxygens (including phenoxy) is 3. The minimum atomic E-state index is -1.34. The quantitative estimate of drug-likeness (QED) is 0.190. The molecule has 1 saturated carbocycles. The third kappa shape index (κ3) is 7.00. The summed E-state index contributed by atoms with van der Waals surface area (Å²) < 4.78 is 16.0. The smallest absolute Gasteiger partial charge is 0.312 e. The van der Waals surface area contributed by atoms with Gasteiger partial charge in [-0.2, -0.15) is 0 Å². The highest BCUT2D eigenvalue weighted by atomic mass is 32.1. The van der Waals surface area contributed by atoms with Gasteiger partial charge in [0.1, 0.15) is 27.9 Å². The van der Waals surface area contributed by atoms with Crippen LogP contribution in [0.4, 0.5) is 5.82 Å². The molecule has 2 unspecified atom stereocenters. The van der Waals surface area contributed by atoms with Crippen molar-refractivity contribution in [3.05, 3.63) is 88.6 Å². The van der Waals surface area contributed by atoms with Crippen LogP contribution < -0.4 is 14.4 Å². The standard InChI is InChI=1S/C34H39N3O5S/c1-5-42-32(38)28-8-6-7-17-34(28,39)33-35-20-30(43-33)29-18-23(2)19-31(36-29)37(21-24-9-13-26(40-3)14-10-24)22-25-11-15-27(41-4)16-12-25/h9-16,18-20,28,39H,5-8,17,21-22H2,1-4H3. The number of benzene rings is 2. The third-order valence-electron chi connectivity index (χ3n) is 7.92. The summed E-state index contributed by atoms with van der Waals surface area (Å²) in [6.07, 6.45) is 4.54. The lowest BCUT2D eigenvalue weighted by Gasteiger charge is -2.36. The second-order valence-electron chi connectivity index (χ2n) is 10.9. The van der Waals surface area contributed by atoms with Crippen molar-refractivity contribution in [3.63, 3.8) is 0 Å². The van der Waals surface area contributed by atoms with Crippen LogP contribution in [-0.2, 0) is 28.2 Å². The Balaban J connectivity index is 1.47. The number of nitrogens with zero attached hydrogens (tertiary/aromatic N) is 3. The van der Waals surface area contributed by atoms with Crippen molar-refractivity contribution >= 4 is 23.1 Å². The van der Waals surface area contributed by atoms with Crippen LogP contribution in [-0.4, -0.2) is 41.9 Å². The van der Waals surface area contributed by atoms with E-state index in [1.54, 1.807) is 27.3 Å². The Morgan fingerprint density at radius 3 is 2.21 bits per heavy atom. The van der Waals surface area contributed by atoms with Gasteiger partial charge in [0.2, 0.25) is 0 Å². The molecule has 2 atom stereocenters. The Hall–Kier alpha value is -3.95. The molecule has 0 saturated heterocycles. The number of carbonyl (C=O) groups is 1. The van der Waals surface area contributed by atoms with Crippen molar-refractivity contribution in [2.75, 3.05) is 25.7 Å². The molecular weight excluding hydrogens is 562 g/mol. The number of hydrogen-bond donors (Lipinski definition) is 1. The summed E-state index contributed by atoms with van der Waals surface area (Å²) in [5.41, 5.74) is 2.76. The maximum absolute atomic E-state index is 12.8. The molecule has 1 aliphatic rings. The maximum Gasteiger partial charge on any atom is 0.312 e. The first kappa shape index (κ1) is 30.5. The van der Waals surface area contributed by atoms with Gasteiger partial charge in [-0.3, -0.25) is 4.79 Å². The van der Waals surface area contributed by atoms with Crippen molar-refractivity contribution in [2.45, 2.75) is 58.2 Å². The first-order valence-corrected chi connectivity index (χ1v) is 15.5. The minimum Gasteiger partial charge on any atom is -0.497 e. The van der Waals surface area contributed by atoms with Gasteiger partial charge in [0, 0.05) is 19.3 Å². The second-order valence-corrected chi connectivity index (χ2v) is 12.0. The van der Waals surface area contributed by atoms with E-state index in [0.29, 0.717) is 30.9 Å². The molecule has 1 fully saturated rings. The van der Waals surface area contributed by atoms with E-state index < -0.39 is 11.5 Å². The lowest BCUT2D eigenvalue weighted by atomic mass is 9.75. The van der Waals surface area contributed by atoms with E-state index in [1.165, 1.54) is 11.3 Å². The summed E-state index contributed by atoms with van der Waals surface area (Å²) in [6.45, 7) is 5.41. The van der Waals surface area contributed by atoms with Gasteiger partial charge in [-0.15, -0.1) is 11.3 Å². The zero-order chi connectivity index (χ0) is 30.4. The molecule has 2 heterocycles. The van der Waals surface area contributed by atoms with E-state index in [2.05, 4.69) is 47.1 Å². The number of esters is 1.